The smallest absolute Gasteiger partial charge is 0.0701 e. The molecular formula is C14H29NO4. The van der Waals surface area contributed by atoms with Gasteiger partial charge in [0.25, 0.3) is 0 Å². The molecule has 2 unspecified atom stereocenters. The van der Waals surface area contributed by atoms with E-state index >= 15 is 0 Å². The molecule has 1 rings (SSSR count). The predicted molar refractivity (Wildman–Crippen MR) is 74.5 cm³/mol. The lowest BCUT2D eigenvalue weighted by atomic mass is 9.64. The number of methoxy groups -OCH3 is 2. The molecule has 0 bridgehead atoms. The number of hydrogen-bond donors (Lipinski definition) is 1. The van der Waals surface area contributed by atoms with Gasteiger partial charge in [-0.15, -0.1) is 0 Å². The summed E-state index contributed by atoms with van der Waals surface area (Å²) in [6.45, 7) is 8.62. The Labute approximate surface area is 116 Å². The van der Waals surface area contributed by atoms with Crippen LogP contribution in [0, 0.1) is 5.41 Å². The first-order valence-corrected chi connectivity index (χ1v) is 7.03. The van der Waals surface area contributed by atoms with E-state index in [1.807, 2.05) is 0 Å². The Balaban J connectivity index is 1.89. The number of ether oxygens (including phenoxy) is 4. The molecule has 0 aromatic rings. The van der Waals surface area contributed by atoms with Crippen LogP contribution >= 0.6 is 0 Å². The zero-order valence-electron chi connectivity index (χ0n) is 12.7. The summed E-state index contributed by atoms with van der Waals surface area (Å²) in [5, 5.41) is 3.52. The molecule has 0 heterocycles. The van der Waals surface area contributed by atoms with Crippen LogP contribution in [0.1, 0.15) is 20.3 Å². The largest absolute Gasteiger partial charge is 0.382 e. The van der Waals surface area contributed by atoms with Gasteiger partial charge in [0.2, 0.25) is 0 Å². The third-order valence-electron chi connectivity index (χ3n) is 3.90. The van der Waals surface area contributed by atoms with Gasteiger partial charge in [0.15, 0.2) is 0 Å². The Morgan fingerprint density at radius 2 is 1.63 bits per heavy atom. The second-order valence-electron chi connectivity index (χ2n) is 5.51. The summed E-state index contributed by atoms with van der Waals surface area (Å²) in [6, 6.07) is 0.527. The molecule has 0 aliphatic heterocycles. The van der Waals surface area contributed by atoms with Gasteiger partial charge in [-0.2, -0.15) is 0 Å². The van der Waals surface area contributed by atoms with Crippen LogP contribution < -0.4 is 5.32 Å². The van der Waals surface area contributed by atoms with Crippen LogP contribution in [0.2, 0.25) is 0 Å². The van der Waals surface area contributed by atoms with Crippen molar-refractivity contribution in [2.75, 3.05) is 53.8 Å². The molecule has 0 aromatic carbocycles. The van der Waals surface area contributed by atoms with Crippen molar-refractivity contribution >= 4 is 0 Å². The zero-order valence-corrected chi connectivity index (χ0v) is 12.7. The maximum atomic E-state index is 5.49. The topological polar surface area (TPSA) is 49.0 Å². The Bertz CT molecular complexity index is 235. The van der Waals surface area contributed by atoms with Gasteiger partial charge in [-0.3, -0.25) is 0 Å². The van der Waals surface area contributed by atoms with Gasteiger partial charge in [-0.05, 0) is 6.42 Å². The van der Waals surface area contributed by atoms with E-state index in [-0.39, 0.29) is 5.41 Å². The molecule has 0 saturated heterocycles. The van der Waals surface area contributed by atoms with Crippen molar-refractivity contribution in [3.8, 4) is 0 Å². The lowest BCUT2D eigenvalue weighted by molar-refractivity contribution is -0.0985. The maximum Gasteiger partial charge on any atom is 0.0701 e. The van der Waals surface area contributed by atoms with E-state index in [1.54, 1.807) is 14.2 Å². The van der Waals surface area contributed by atoms with Gasteiger partial charge in [0.05, 0.1) is 39.1 Å². The molecule has 1 aliphatic rings. The Hall–Kier alpha value is -0.200. The van der Waals surface area contributed by atoms with Crippen LogP contribution in [-0.4, -0.2) is 65.9 Å². The molecule has 1 saturated carbocycles. The summed E-state index contributed by atoms with van der Waals surface area (Å²) < 4.78 is 21.1. The summed E-state index contributed by atoms with van der Waals surface area (Å²) in [6.07, 6.45) is 1.46. The van der Waals surface area contributed by atoms with E-state index in [0.717, 1.165) is 19.6 Å². The van der Waals surface area contributed by atoms with Gasteiger partial charge >= 0.3 is 0 Å². The summed E-state index contributed by atoms with van der Waals surface area (Å²) in [7, 11) is 3.46. The van der Waals surface area contributed by atoms with Crippen molar-refractivity contribution in [2.45, 2.75) is 32.4 Å². The fraction of sp³-hybridized carbons (Fsp3) is 1.00. The van der Waals surface area contributed by atoms with Crippen molar-refractivity contribution < 1.29 is 18.9 Å². The van der Waals surface area contributed by atoms with Gasteiger partial charge in [-0.1, -0.05) is 13.8 Å². The molecule has 0 radical (unpaired) electrons. The standard InChI is InChI=1S/C14H29NO4/c1-14(2)12(11-13(14)17-4)15-5-6-18-9-10-19-8-7-16-3/h12-13,15H,5-11H2,1-4H3. The highest BCUT2D eigenvalue weighted by Gasteiger charge is 2.47. The summed E-state index contributed by atoms with van der Waals surface area (Å²) in [5.41, 5.74) is 0.220. The summed E-state index contributed by atoms with van der Waals surface area (Å²) >= 11 is 0. The van der Waals surface area contributed by atoms with Crippen LogP contribution in [0.15, 0.2) is 0 Å². The average Bonchev–Trinajstić information content (AvgIpc) is 2.39. The fourth-order valence-corrected chi connectivity index (χ4v) is 2.40. The molecule has 2 atom stereocenters. The molecule has 114 valence electrons. The van der Waals surface area contributed by atoms with Gasteiger partial charge in [0, 0.05) is 32.2 Å². The van der Waals surface area contributed by atoms with Crippen molar-refractivity contribution in [3.05, 3.63) is 0 Å². The lowest BCUT2D eigenvalue weighted by Gasteiger charge is -2.51. The highest BCUT2D eigenvalue weighted by Crippen LogP contribution is 2.42. The molecule has 19 heavy (non-hydrogen) atoms. The van der Waals surface area contributed by atoms with Crippen molar-refractivity contribution in [1.29, 1.82) is 0 Å². The fourth-order valence-electron chi connectivity index (χ4n) is 2.40. The molecular weight excluding hydrogens is 246 g/mol. The highest BCUT2D eigenvalue weighted by molar-refractivity contribution is 5.02. The van der Waals surface area contributed by atoms with E-state index in [2.05, 4.69) is 19.2 Å². The van der Waals surface area contributed by atoms with Crippen LogP contribution in [0.4, 0.5) is 0 Å². The molecule has 5 nitrogen and oxygen atoms in total. The Morgan fingerprint density at radius 1 is 1.00 bits per heavy atom. The number of rotatable bonds is 11. The van der Waals surface area contributed by atoms with Crippen molar-refractivity contribution in [2.24, 2.45) is 5.41 Å². The molecule has 0 amide bonds. The van der Waals surface area contributed by atoms with Crippen molar-refractivity contribution in [3.63, 3.8) is 0 Å². The number of hydrogen-bond acceptors (Lipinski definition) is 5. The molecule has 1 N–H and O–H groups in total. The van der Waals surface area contributed by atoms with Crippen molar-refractivity contribution in [1.82, 2.24) is 5.32 Å². The first-order valence-electron chi connectivity index (χ1n) is 7.03. The lowest BCUT2D eigenvalue weighted by Crippen LogP contribution is -2.61. The minimum atomic E-state index is 0.220. The maximum absolute atomic E-state index is 5.49. The quantitative estimate of drug-likeness (QED) is 0.572. The first kappa shape index (κ1) is 16.9. The number of nitrogens with one attached hydrogen (secondary N) is 1. The van der Waals surface area contributed by atoms with Gasteiger partial charge in [-0.25, -0.2) is 0 Å². The first-order chi connectivity index (χ1) is 9.12. The SMILES string of the molecule is COCCOCCOCCNC1CC(OC)C1(C)C. The van der Waals surface area contributed by atoms with Crippen LogP contribution in [0.3, 0.4) is 0 Å². The minimum absolute atomic E-state index is 0.220. The van der Waals surface area contributed by atoms with E-state index in [1.165, 1.54) is 0 Å². The van der Waals surface area contributed by atoms with Gasteiger partial charge < -0.3 is 24.3 Å². The van der Waals surface area contributed by atoms with Crippen LogP contribution in [0.5, 0.6) is 0 Å². The highest BCUT2D eigenvalue weighted by atomic mass is 16.5. The molecule has 1 aliphatic carbocycles. The molecule has 0 aromatic heterocycles. The van der Waals surface area contributed by atoms with E-state index < -0.39 is 0 Å². The van der Waals surface area contributed by atoms with Gasteiger partial charge in [0.1, 0.15) is 0 Å². The zero-order chi connectivity index (χ0) is 14.1. The van der Waals surface area contributed by atoms with Crippen LogP contribution in [0.25, 0.3) is 0 Å². The summed E-state index contributed by atoms with van der Waals surface area (Å²) in [5.74, 6) is 0. The Morgan fingerprint density at radius 3 is 2.21 bits per heavy atom. The molecule has 0 spiro atoms. The average molecular weight is 275 g/mol. The van der Waals surface area contributed by atoms with Crippen LogP contribution in [-0.2, 0) is 18.9 Å². The second kappa shape index (κ2) is 8.87. The molecule has 5 heteroatoms. The second-order valence-corrected chi connectivity index (χ2v) is 5.51. The minimum Gasteiger partial charge on any atom is -0.382 e. The monoisotopic (exact) mass is 275 g/mol. The third-order valence-corrected chi connectivity index (χ3v) is 3.90. The van der Waals surface area contributed by atoms with E-state index in [0.29, 0.717) is 38.6 Å². The van der Waals surface area contributed by atoms with E-state index in [9.17, 15) is 0 Å². The molecule has 1 fully saturated rings. The van der Waals surface area contributed by atoms with E-state index in [4.69, 9.17) is 18.9 Å². The normalized spacial score (nSPS) is 25.3. The summed E-state index contributed by atoms with van der Waals surface area (Å²) in [4.78, 5) is 0. The third kappa shape index (κ3) is 5.36. The predicted octanol–water partition coefficient (Wildman–Crippen LogP) is 1.07. The Kier molecular flexibility index (Phi) is 7.87.